The van der Waals surface area contributed by atoms with E-state index in [1.54, 1.807) is 6.20 Å². The number of aliphatic hydroxyl groups is 1. The molecule has 0 spiro atoms. The number of fused-ring (bicyclic) bond motifs is 4. The van der Waals surface area contributed by atoms with Crippen LogP contribution in [0.25, 0.3) is 10.9 Å². The van der Waals surface area contributed by atoms with Gasteiger partial charge < -0.3 is 9.84 Å². The summed E-state index contributed by atoms with van der Waals surface area (Å²) >= 11 is 0. The first-order valence-corrected chi connectivity index (χ1v) is 9.30. The summed E-state index contributed by atoms with van der Waals surface area (Å²) in [6.45, 7) is 6.82. The zero-order valence-electron chi connectivity index (χ0n) is 15.0. The van der Waals surface area contributed by atoms with Crippen molar-refractivity contribution in [3.05, 3.63) is 47.7 Å². The van der Waals surface area contributed by atoms with Crippen molar-refractivity contribution in [3.8, 4) is 5.75 Å². The summed E-state index contributed by atoms with van der Waals surface area (Å²) < 4.78 is 5.64. The first-order chi connectivity index (χ1) is 12.2. The van der Waals surface area contributed by atoms with E-state index in [0.29, 0.717) is 12.5 Å². The van der Waals surface area contributed by atoms with Gasteiger partial charge in [0.05, 0.1) is 18.2 Å². The third-order valence-electron chi connectivity index (χ3n) is 5.78. The van der Waals surface area contributed by atoms with Crippen molar-refractivity contribution in [1.82, 2.24) is 9.88 Å². The number of hydrogen-bond acceptors (Lipinski definition) is 4. The number of piperidine rings is 3. The van der Waals surface area contributed by atoms with Gasteiger partial charge in [0.25, 0.3) is 0 Å². The lowest BCUT2D eigenvalue weighted by Gasteiger charge is -2.48. The molecule has 3 aliphatic heterocycles. The molecule has 0 aliphatic carbocycles. The predicted molar refractivity (Wildman–Crippen MR) is 99.7 cm³/mol. The predicted octanol–water partition coefficient (Wildman–Crippen LogP) is 3.71. The Balaban J connectivity index is 1.68. The second-order valence-corrected chi connectivity index (χ2v) is 7.08. The normalized spacial score (nSPS) is 28.4. The van der Waals surface area contributed by atoms with Crippen molar-refractivity contribution in [2.24, 2.45) is 5.92 Å². The Morgan fingerprint density at radius 2 is 2.28 bits per heavy atom. The summed E-state index contributed by atoms with van der Waals surface area (Å²) in [6.07, 6.45) is 5.82. The number of nitrogens with zero attached hydrogens (tertiary/aromatic N) is 2. The molecule has 25 heavy (non-hydrogen) atoms. The smallest absolute Gasteiger partial charge is 0.120 e. The molecule has 3 aliphatic rings. The van der Waals surface area contributed by atoms with Gasteiger partial charge in [0, 0.05) is 24.2 Å². The minimum Gasteiger partial charge on any atom is -0.494 e. The van der Waals surface area contributed by atoms with E-state index in [9.17, 15) is 5.11 Å². The lowest BCUT2D eigenvalue weighted by atomic mass is 9.76. The summed E-state index contributed by atoms with van der Waals surface area (Å²) in [6, 6.07) is 8.07. The van der Waals surface area contributed by atoms with E-state index in [4.69, 9.17) is 4.74 Å². The van der Waals surface area contributed by atoms with Gasteiger partial charge >= 0.3 is 0 Å². The van der Waals surface area contributed by atoms with Gasteiger partial charge in [0.15, 0.2) is 0 Å². The molecule has 132 valence electrons. The van der Waals surface area contributed by atoms with Crippen LogP contribution >= 0.6 is 0 Å². The molecule has 3 saturated heterocycles. The molecule has 4 heteroatoms. The van der Waals surface area contributed by atoms with Crippen LogP contribution in [0.15, 0.2) is 42.1 Å². The monoisotopic (exact) mass is 338 g/mol. The Bertz CT molecular complexity index is 802. The molecule has 0 radical (unpaired) electrons. The van der Waals surface area contributed by atoms with E-state index in [-0.39, 0.29) is 6.04 Å². The largest absolute Gasteiger partial charge is 0.494 e. The summed E-state index contributed by atoms with van der Waals surface area (Å²) in [5, 5.41) is 12.2. The molecular weight excluding hydrogens is 312 g/mol. The quantitative estimate of drug-likeness (QED) is 0.863. The maximum absolute atomic E-state index is 11.2. The standard InChI is InChI=1S/C21H26N2O2/c1-3-14-13-23-10-8-15(14)11-20(23)21(24)17-7-9-22-19-6-5-16(25-4-2)12-18(17)19/h3,5-7,9,12,15,20-21,24H,4,8,10-11,13H2,1-2H3/t15-,20-,21+/m0/s1. The fourth-order valence-electron chi connectivity index (χ4n) is 4.47. The molecule has 1 N–H and O–H groups in total. The Morgan fingerprint density at radius 3 is 3.00 bits per heavy atom. The Labute approximate surface area is 149 Å². The summed E-state index contributed by atoms with van der Waals surface area (Å²) in [7, 11) is 0. The van der Waals surface area contributed by atoms with Crippen LogP contribution in [0.5, 0.6) is 5.75 Å². The molecule has 4 nitrogen and oxygen atoms in total. The van der Waals surface area contributed by atoms with Crippen LogP contribution in [-0.2, 0) is 0 Å². The Kier molecular flexibility index (Phi) is 4.48. The van der Waals surface area contributed by atoms with Crippen LogP contribution in [0, 0.1) is 5.92 Å². The highest BCUT2D eigenvalue weighted by atomic mass is 16.5. The highest BCUT2D eigenvalue weighted by Crippen LogP contribution is 2.41. The van der Waals surface area contributed by atoms with Crippen LogP contribution < -0.4 is 4.74 Å². The van der Waals surface area contributed by atoms with E-state index in [0.717, 1.165) is 41.7 Å². The van der Waals surface area contributed by atoms with Gasteiger partial charge in [0.2, 0.25) is 0 Å². The molecular formula is C21H26N2O2. The van der Waals surface area contributed by atoms with Crippen molar-refractivity contribution in [2.45, 2.75) is 38.8 Å². The fraction of sp³-hybridized carbons (Fsp3) is 0.476. The van der Waals surface area contributed by atoms with Gasteiger partial charge in [-0.15, -0.1) is 0 Å². The van der Waals surface area contributed by atoms with Crippen LogP contribution in [0.2, 0.25) is 0 Å². The number of aromatic nitrogens is 1. The van der Waals surface area contributed by atoms with E-state index >= 15 is 0 Å². The van der Waals surface area contributed by atoms with Crippen LogP contribution in [-0.4, -0.2) is 40.7 Å². The van der Waals surface area contributed by atoms with Gasteiger partial charge in [-0.05, 0) is 69.0 Å². The van der Waals surface area contributed by atoms with Crippen LogP contribution in [0.1, 0.15) is 38.4 Å². The lowest BCUT2D eigenvalue weighted by molar-refractivity contribution is -0.00340. The van der Waals surface area contributed by atoms with E-state index < -0.39 is 6.10 Å². The van der Waals surface area contributed by atoms with Crippen LogP contribution in [0.3, 0.4) is 0 Å². The van der Waals surface area contributed by atoms with Gasteiger partial charge in [-0.2, -0.15) is 0 Å². The number of allylic oxidation sites excluding steroid dienone is 1. The van der Waals surface area contributed by atoms with Crippen molar-refractivity contribution in [1.29, 1.82) is 0 Å². The SMILES string of the molecule is CC=C1CN2CC[C@H]1C[C@H]2[C@H](O)c1ccnc2ccc(OCC)cc12. The number of hydrogen-bond donors (Lipinski definition) is 1. The second-order valence-electron chi connectivity index (χ2n) is 7.08. The average molecular weight is 338 g/mol. The molecule has 0 amide bonds. The van der Waals surface area contributed by atoms with Crippen molar-refractivity contribution < 1.29 is 9.84 Å². The highest BCUT2D eigenvalue weighted by Gasteiger charge is 2.40. The first kappa shape index (κ1) is 16.6. The molecule has 1 aromatic carbocycles. The molecule has 0 saturated carbocycles. The molecule has 5 rings (SSSR count). The minimum atomic E-state index is -0.497. The van der Waals surface area contributed by atoms with Crippen molar-refractivity contribution in [3.63, 3.8) is 0 Å². The number of rotatable bonds is 4. The van der Waals surface area contributed by atoms with E-state index in [1.165, 1.54) is 12.0 Å². The topological polar surface area (TPSA) is 45.6 Å². The number of pyridine rings is 1. The zero-order chi connectivity index (χ0) is 17.4. The number of aliphatic hydroxyl groups excluding tert-OH is 1. The maximum Gasteiger partial charge on any atom is 0.120 e. The third kappa shape index (κ3) is 2.94. The van der Waals surface area contributed by atoms with E-state index in [2.05, 4.69) is 22.9 Å². The molecule has 3 fully saturated rings. The Morgan fingerprint density at radius 1 is 1.40 bits per heavy atom. The zero-order valence-corrected chi connectivity index (χ0v) is 15.0. The maximum atomic E-state index is 11.2. The van der Waals surface area contributed by atoms with E-state index in [1.807, 2.05) is 31.2 Å². The summed E-state index contributed by atoms with van der Waals surface area (Å²) in [4.78, 5) is 6.90. The average Bonchev–Trinajstić information content (AvgIpc) is 2.67. The second kappa shape index (κ2) is 6.77. The van der Waals surface area contributed by atoms with Crippen molar-refractivity contribution in [2.75, 3.05) is 19.7 Å². The molecule has 1 aromatic heterocycles. The summed E-state index contributed by atoms with van der Waals surface area (Å²) in [5.41, 5.74) is 3.41. The Hall–Kier alpha value is -1.91. The van der Waals surface area contributed by atoms with Gasteiger partial charge in [-0.1, -0.05) is 11.6 Å². The molecule has 4 atom stereocenters. The molecule has 2 bridgehead atoms. The summed E-state index contributed by atoms with van der Waals surface area (Å²) in [5.74, 6) is 1.46. The fourth-order valence-corrected chi connectivity index (χ4v) is 4.47. The van der Waals surface area contributed by atoms with Crippen molar-refractivity contribution >= 4 is 10.9 Å². The molecule has 2 aromatic rings. The molecule has 1 unspecified atom stereocenters. The van der Waals surface area contributed by atoms with Gasteiger partial charge in [-0.3, -0.25) is 9.88 Å². The van der Waals surface area contributed by atoms with Gasteiger partial charge in [0.1, 0.15) is 5.75 Å². The highest BCUT2D eigenvalue weighted by molar-refractivity contribution is 5.84. The third-order valence-corrected chi connectivity index (χ3v) is 5.78. The lowest BCUT2D eigenvalue weighted by Crippen LogP contribution is -2.52. The number of ether oxygens (including phenoxy) is 1. The van der Waals surface area contributed by atoms with Crippen LogP contribution in [0.4, 0.5) is 0 Å². The minimum absolute atomic E-state index is 0.184. The first-order valence-electron chi connectivity index (χ1n) is 9.30. The van der Waals surface area contributed by atoms with Gasteiger partial charge in [-0.25, -0.2) is 0 Å². The number of benzene rings is 1. The molecule has 4 heterocycles.